The van der Waals surface area contributed by atoms with Crippen molar-refractivity contribution in [3.8, 4) is 0 Å². The van der Waals surface area contributed by atoms with E-state index in [0.29, 0.717) is 0 Å². The molecule has 0 bridgehead atoms. The summed E-state index contributed by atoms with van der Waals surface area (Å²) in [4.78, 5) is 13.2. The number of hydrogen-bond donors (Lipinski definition) is 1. The van der Waals surface area contributed by atoms with Crippen molar-refractivity contribution in [3.05, 3.63) is 24.3 Å². The van der Waals surface area contributed by atoms with Crippen molar-refractivity contribution in [2.75, 3.05) is 19.6 Å². The molecule has 25 heavy (non-hydrogen) atoms. The minimum Gasteiger partial charge on any atom is -0.480 e. The average molecular weight is 352 g/mol. The first-order valence-corrected chi connectivity index (χ1v) is 10.4. The van der Waals surface area contributed by atoms with Crippen LogP contribution in [0.5, 0.6) is 0 Å². The van der Waals surface area contributed by atoms with Crippen LogP contribution >= 0.6 is 0 Å². The smallest absolute Gasteiger partial charge is 0.317 e. The molecule has 0 aromatic heterocycles. The zero-order valence-electron chi connectivity index (χ0n) is 16.7. The Morgan fingerprint density at radius 3 is 1.52 bits per heavy atom. The molecule has 0 amide bonds. The standard InChI is InChI=1S/C22H41NO2/c1-3-5-7-9-11-13-15-17-19-23(21-22(24)25)20-18-16-14-12-10-8-6-4-2/h3-6H,7-21H2,1-2H3,(H,24,25)/b5-3+,6-4+. The van der Waals surface area contributed by atoms with E-state index in [0.717, 1.165) is 25.9 Å². The van der Waals surface area contributed by atoms with Crippen molar-refractivity contribution < 1.29 is 9.90 Å². The minimum absolute atomic E-state index is 0.197. The Kier molecular flexibility index (Phi) is 18.4. The van der Waals surface area contributed by atoms with Gasteiger partial charge < -0.3 is 5.11 Å². The van der Waals surface area contributed by atoms with Gasteiger partial charge in [0.1, 0.15) is 0 Å². The molecular formula is C22H41NO2. The number of unbranched alkanes of at least 4 members (excludes halogenated alkanes) is 10. The van der Waals surface area contributed by atoms with E-state index in [1.165, 1.54) is 64.2 Å². The summed E-state index contributed by atoms with van der Waals surface area (Å²) in [5.74, 6) is -0.697. The number of carboxylic acids is 1. The maximum atomic E-state index is 11.0. The Hall–Kier alpha value is -1.09. The predicted molar refractivity (Wildman–Crippen MR) is 109 cm³/mol. The van der Waals surface area contributed by atoms with Crippen LogP contribution in [0.4, 0.5) is 0 Å². The first-order valence-electron chi connectivity index (χ1n) is 10.4. The van der Waals surface area contributed by atoms with Crippen LogP contribution in [-0.2, 0) is 4.79 Å². The van der Waals surface area contributed by atoms with E-state index in [9.17, 15) is 4.79 Å². The molecular weight excluding hydrogens is 310 g/mol. The highest BCUT2D eigenvalue weighted by atomic mass is 16.4. The molecule has 0 aliphatic carbocycles. The quantitative estimate of drug-likeness (QED) is 0.236. The lowest BCUT2D eigenvalue weighted by Gasteiger charge is -2.20. The Bertz CT molecular complexity index is 324. The van der Waals surface area contributed by atoms with Gasteiger partial charge in [-0.25, -0.2) is 0 Å². The third-order valence-electron chi connectivity index (χ3n) is 4.52. The third kappa shape index (κ3) is 19.1. The Morgan fingerprint density at radius 1 is 0.720 bits per heavy atom. The molecule has 3 heteroatoms. The molecule has 0 spiro atoms. The number of nitrogens with zero attached hydrogens (tertiary/aromatic N) is 1. The highest BCUT2D eigenvalue weighted by Gasteiger charge is 2.08. The van der Waals surface area contributed by atoms with Crippen LogP contribution in [0.2, 0.25) is 0 Å². The summed E-state index contributed by atoms with van der Waals surface area (Å²) >= 11 is 0. The van der Waals surface area contributed by atoms with Crippen molar-refractivity contribution in [3.63, 3.8) is 0 Å². The molecule has 0 saturated heterocycles. The molecule has 146 valence electrons. The van der Waals surface area contributed by atoms with E-state index in [-0.39, 0.29) is 6.54 Å². The van der Waals surface area contributed by atoms with Crippen LogP contribution < -0.4 is 0 Å². The third-order valence-corrected chi connectivity index (χ3v) is 4.52. The fourth-order valence-electron chi connectivity index (χ4n) is 3.05. The molecule has 0 rings (SSSR count). The number of hydrogen-bond acceptors (Lipinski definition) is 2. The van der Waals surface area contributed by atoms with Gasteiger partial charge >= 0.3 is 5.97 Å². The predicted octanol–water partition coefficient (Wildman–Crippen LogP) is 6.21. The van der Waals surface area contributed by atoms with E-state index in [2.05, 4.69) is 43.1 Å². The second kappa shape index (κ2) is 19.2. The second-order valence-electron chi connectivity index (χ2n) is 6.92. The monoisotopic (exact) mass is 351 g/mol. The Morgan fingerprint density at radius 2 is 1.12 bits per heavy atom. The molecule has 0 aliphatic heterocycles. The molecule has 0 radical (unpaired) electrons. The fraction of sp³-hybridized carbons (Fsp3) is 0.773. The molecule has 0 aromatic carbocycles. The van der Waals surface area contributed by atoms with Gasteiger partial charge in [-0.05, 0) is 65.5 Å². The Balaban J connectivity index is 3.66. The lowest BCUT2D eigenvalue weighted by atomic mass is 10.1. The first kappa shape index (κ1) is 23.9. The molecule has 0 atom stereocenters. The van der Waals surface area contributed by atoms with Gasteiger partial charge in [-0.1, -0.05) is 62.8 Å². The maximum Gasteiger partial charge on any atom is 0.317 e. The summed E-state index contributed by atoms with van der Waals surface area (Å²) in [5.41, 5.74) is 0. The van der Waals surface area contributed by atoms with Crippen molar-refractivity contribution in [1.82, 2.24) is 4.90 Å². The summed E-state index contributed by atoms with van der Waals surface area (Å²) in [7, 11) is 0. The van der Waals surface area contributed by atoms with Crippen molar-refractivity contribution in [2.24, 2.45) is 0 Å². The molecule has 1 N–H and O–H groups in total. The van der Waals surface area contributed by atoms with E-state index in [1.54, 1.807) is 0 Å². The highest BCUT2D eigenvalue weighted by Crippen LogP contribution is 2.09. The number of carboxylic acid groups (broad SMARTS) is 1. The van der Waals surface area contributed by atoms with Crippen molar-refractivity contribution >= 4 is 5.97 Å². The van der Waals surface area contributed by atoms with Crippen LogP contribution in [0.15, 0.2) is 24.3 Å². The summed E-state index contributed by atoms with van der Waals surface area (Å²) in [5, 5.41) is 9.08. The van der Waals surface area contributed by atoms with Crippen LogP contribution in [-0.4, -0.2) is 35.6 Å². The SMILES string of the molecule is C/C=C/CCCCCCCN(CCCCCCC/C=C/C)CC(=O)O. The van der Waals surface area contributed by atoms with E-state index < -0.39 is 5.97 Å². The van der Waals surface area contributed by atoms with Crippen LogP contribution in [0.1, 0.15) is 90.9 Å². The molecule has 0 unspecified atom stereocenters. The summed E-state index contributed by atoms with van der Waals surface area (Å²) in [6.45, 7) is 6.20. The van der Waals surface area contributed by atoms with Gasteiger partial charge in [0.25, 0.3) is 0 Å². The van der Waals surface area contributed by atoms with E-state index in [4.69, 9.17) is 5.11 Å². The number of allylic oxidation sites excluding steroid dienone is 4. The van der Waals surface area contributed by atoms with Crippen LogP contribution in [0, 0.1) is 0 Å². The highest BCUT2D eigenvalue weighted by molar-refractivity contribution is 5.69. The molecule has 0 aliphatic rings. The maximum absolute atomic E-state index is 11.0. The summed E-state index contributed by atoms with van der Waals surface area (Å²) in [6, 6.07) is 0. The Labute approximate surface area is 156 Å². The van der Waals surface area contributed by atoms with Crippen molar-refractivity contribution in [1.29, 1.82) is 0 Å². The largest absolute Gasteiger partial charge is 0.480 e. The van der Waals surface area contributed by atoms with Gasteiger partial charge in [-0.3, -0.25) is 9.69 Å². The van der Waals surface area contributed by atoms with E-state index >= 15 is 0 Å². The summed E-state index contributed by atoms with van der Waals surface area (Å²) < 4.78 is 0. The second-order valence-corrected chi connectivity index (χ2v) is 6.92. The van der Waals surface area contributed by atoms with Gasteiger partial charge in [0.05, 0.1) is 6.54 Å². The normalized spacial score (nSPS) is 12.0. The fourth-order valence-corrected chi connectivity index (χ4v) is 3.05. The van der Waals surface area contributed by atoms with E-state index in [1.807, 2.05) is 0 Å². The van der Waals surface area contributed by atoms with Gasteiger partial charge in [-0.2, -0.15) is 0 Å². The molecule has 0 saturated carbocycles. The number of aliphatic carboxylic acids is 1. The molecule has 0 aromatic rings. The zero-order chi connectivity index (χ0) is 18.6. The lowest BCUT2D eigenvalue weighted by molar-refractivity contribution is -0.138. The minimum atomic E-state index is -0.697. The van der Waals surface area contributed by atoms with Gasteiger partial charge in [0.2, 0.25) is 0 Å². The molecule has 0 fully saturated rings. The van der Waals surface area contributed by atoms with Gasteiger partial charge in [0.15, 0.2) is 0 Å². The van der Waals surface area contributed by atoms with Crippen LogP contribution in [0.25, 0.3) is 0 Å². The summed E-state index contributed by atoms with van der Waals surface area (Å²) in [6.07, 6.45) is 23.4. The topological polar surface area (TPSA) is 40.5 Å². The van der Waals surface area contributed by atoms with Gasteiger partial charge in [-0.15, -0.1) is 0 Å². The molecule has 0 heterocycles. The number of rotatable bonds is 18. The van der Waals surface area contributed by atoms with Crippen LogP contribution in [0.3, 0.4) is 0 Å². The average Bonchev–Trinajstić information content (AvgIpc) is 2.58. The molecule has 3 nitrogen and oxygen atoms in total. The first-order chi connectivity index (χ1) is 12.2. The number of carbonyl (C=O) groups is 1. The lowest BCUT2D eigenvalue weighted by Crippen LogP contribution is -2.31. The van der Waals surface area contributed by atoms with Gasteiger partial charge in [0, 0.05) is 0 Å². The zero-order valence-corrected chi connectivity index (χ0v) is 16.7. The van der Waals surface area contributed by atoms with Crippen molar-refractivity contribution in [2.45, 2.75) is 90.9 Å².